The van der Waals surface area contributed by atoms with Gasteiger partial charge in [-0.25, -0.2) is 13.8 Å². The van der Waals surface area contributed by atoms with Crippen LogP contribution in [0.2, 0.25) is 0 Å². The summed E-state index contributed by atoms with van der Waals surface area (Å²) in [4.78, 5) is 30.9. The first-order valence-electron chi connectivity index (χ1n) is 8.86. The van der Waals surface area contributed by atoms with E-state index < -0.39 is 30.9 Å². The van der Waals surface area contributed by atoms with Crippen LogP contribution in [0.3, 0.4) is 0 Å². The number of aromatic amines is 1. The summed E-state index contributed by atoms with van der Waals surface area (Å²) in [6.07, 6.45) is -2.33. The highest BCUT2D eigenvalue weighted by molar-refractivity contribution is 7.71. The zero-order chi connectivity index (χ0) is 22.5. The third-order valence-corrected chi connectivity index (χ3v) is 4.29. The molecule has 0 fully saturated rings. The minimum atomic E-state index is -4.28. The monoisotopic (exact) mass is 445 g/mol. The highest BCUT2D eigenvalue weighted by atomic mass is 32.1. The van der Waals surface area contributed by atoms with Crippen molar-refractivity contribution in [2.24, 2.45) is 0 Å². The van der Waals surface area contributed by atoms with E-state index in [1.807, 2.05) is 0 Å². The Hall–Kier alpha value is -2.82. The number of nitrogens with one attached hydrogen (secondary N) is 2. The zero-order valence-corrected chi connectivity index (χ0v) is 16.9. The second-order valence-corrected chi connectivity index (χ2v) is 6.84. The van der Waals surface area contributed by atoms with Crippen molar-refractivity contribution in [3.05, 3.63) is 51.9 Å². The van der Waals surface area contributed by atoms with Gasteiger partial charge >= 0.3 is 12.3 Å². The van der Waals surface area contributed by atoms with Crippen molar-refractivity contribution in [3.63, 3.8) is 0 Å². The molecule has 0 aliphatic heterocycles. The number of rotatable bonds is 9. The lowest BCUT2D eigenvalue weighted by atomic mass is 10.1. The SMILES string of the molecule is CCC(=O)c1cc(C(=O)NC(C)c2ccc(OCC(F)(F)C(F)F)nc2)cc(=S)[nH]1. The predicted octanol–water partition coefficient (Wildman–Crippen LogP) is 4.50. The van der Waals surface area contributed by atoms with E-state index in [1.165, 1.54) is 30.5 Å². The number of Topliss-reactive ketones (excluding diaryl/α,β-unsaturated/α-hetero) is 1. The smallest absolute Gasteiger partial charge is 0.340 e. The van der Waals surface area contributed by atoms with Gasteiger partial charge in [-0.1, -0.05) is 25.2 Å². The first-order valence-corrected chi connectivity index (χ1v) is 9.27. The Morgan fingerprint density at radius 1 is 1.30 bits per heavy atom. The summed E-state index contributed by atoms with van der Waals surface area (Å²) in [6.45, 7) is 1.84. The van der Waals surface area contributed by atoms with Gasteiger partial charge in [-0.05, 0) is 24.6 Å². The van der Waals surface area contributed by atoms with Crippen molar-refractivity contribution >= 4 is 23.9 Å². The van der Waals surface area contributed by atoms with Crippen LogP contribution < -0.4 is 10.1 Å². The Morgan fingerprint density at radius 3 is 2.57 bits per heavy atom. The molecule has 2 N–H and O–H groups in total. The van der Waals surface area contributed by atoms with Gasteiger partial charge in [0, 0.05) is 24.2 Å². The fourth-order valence-electron chi connectivity index (χ4n) is 2.34. The topological polar surface area (TPSA) is 84.1 Å². The number of ketones is 1. The molecule has 0 saturated heterocycles. The summed E-state index contributed by atoms with van der Waals surface area (Å²) in [5.74, 6) is -5.21. The predicted molar refractivity (Wildman–Crippen MR) is 103 cm³/mol. The van der Waals surface area contributed by atoms with Crippen molar-refractivity contribution in [3.8, 4) is 5.88 Å². The molecule has 0 saturated carbocycles. The number of H-pyrrole nitrogens is 1. The van der Waals surface area contributed by atoms with Gasteiger partial charge in [0.15, 0.2) is 12.4 Å². The summed E-state index contributed by atoms with van der Waals surface area (Å²) < 4.78 is 54.9. The van der Waals surface area contributed by atoms with Crippen molar-refractivity contribution < 1.29 is 31.9 Å². The van der Waals surface area contributed by atoms with E-state index in [-0.39, 0.29) is 34.0 Å². The van der Waals surface area contributed by atoms with E-state index in [4.69, 9.17) is 12.2 Å². The molecule has 0 aliphatic rings. The largest absolute Gasteiger partial charge is 0.471 e. The molecule has 2 heterocycles. The molecule has 0 bridgehead atoms. The molecule has 11 heteroatoms. The number of halogens is 4. The minimum Gasteiger partial charge on any atom is -0.471 e. The van der Waals surface area contributed by atoms with Crippen molar-refractivity contribution in [2.75, 3.05) is 6.61 Å². The van der Waals surface area contributed by atoms with Crippen molar-refractivity contribution in [1.29, 1.82) is 0 Å². The molecule has 0 aromatic carbocycles. The molecule has 2 rings (SSSR count). The van der Waals surface area contributed by atoms with E-state index in [1.54, 1.807) is 13.8 Å². The summed E-state index contributed by atoms with van der Waals surface area (Å²) >= 11 is 5.05. The first-order chi connectivity index (χ1) is 14.0. The quantitative estimate of drug-likeness (QED) is 0.337. The molecule has 2 aromatic heterocycles. The molecule has 0 radical (unpaired) electrons. The van der Waals surface area contributed by atoms with Crippen LogP contribution in [0.15, 0.2) is 30.5 Å². The van der Waals surface area contributed by atoms with Crippen LogP contribution in [-0.2, 0) is 0 Å². The lowest BCUT2D eigenvalue weighted by Gasteiger charge is -2.17. The van der Waals surface area contributed by atoms with Crippen LogP contribution >= 0.6 is 12.2 Å². The number of hydrogen-bond acceptors (Lipinski definition) is 5. The number of nitrogens with zero attached hydrogens (tertiary/aromatic N) is 1. The number of alkyl halides is 4. The average molecular weight is 445 g/mol. The third-order valence-electron chi connectivity index (χ3n) is 4.07. The Morgan fingerprint density at radius 2 is 2.00 bits per heavy atom. The fraction of sp³-hybridized carbons (Fsp3) is 0.368. The Labute approximate surface area is 174 Å². The van der Waals surface area contributed by atoms with E-state index in [0.29, 0.717) is 5.56 Å². The Balaban J connectivity index is 2.05. The lowest BCUT2D eigenvalue weighted by molar-refractivity contribution is -0.148. The second-order valence-electron chi connectivity index (χ2n) is 6.40. The second kappa shape index (κ2) is 9.79. The molecule has 30 heavy (non-hydrogen) atoms. The summed E-state index contributed by atoms with van der Waals surface area (Å²) in [5.41, 5.74) is 0.943. The third kappa shape index (κ3) is 6.09. The van der Waals surface area contributed by atoms with Crippen LogP contribution in [0, 0.1) is 4.64 Å². The maximum atomic E-state index is 12.9. The number of ether oxygens (including phenoxy) is 1. The van der Waals surface area contributed by atoms with Gasteiger partial charge in [-0.3, -0.25) is 9.59 Å². The van der Waals surface area contributed by atoms with E-state index in [2.05, 4.69) is 20.0 Å². The lowest BCUT2D eigenvalue weighted by Crippen LogP contribution is -2.33. The van der Waals surface area contributed by atoms with Gasteiger partial charge < -0.3 is 15.0 Å². The van der Waals surface area contributed by atoms with E-state index in [0.717, 1.165) is 0 Å². The van der Waals surface area contributed by atoms with Crippen LogP contribution in [-0.4, -0.2) is 40.6 Å². The normalized spacial score (nSPS) is 12.5. The standard InChI is InChI=1S/C19H19F4N3O3S/c1-3-14(27)13-6-12(7-16(30)26-13)17(28)25-10(2)11-4-5-15(24-8-11)29-9-19(22,23)18(20)21/h4-8,10,18H,3,9H2,1-2H3,(H,25,28)(H,26,30). The Bertz CT molecular complexity index is 964. The van der Waals surface area contributed by atoms with Gasteiger partial charge in [0.1, 0.15) is 4.64 Å². The molecule has 162 valence electrons. The van der Waals surface area contributed by atoms with Gasteiger partial charge in [0.25, 0.3) is 5.91 Å². The fourth-order valence-corrected chi connectivity index (χ4v) is 2.58. The number of hydrogen-bond donors (Lipinski definition) is 2. The molecule has 6 nitrogen and oxygen atoms in total. The molecule has 1 amide bonds. The highest BCUT2D eigenvalue weighted by Crippen LogP contribution is 2.24. The molecular weight excluding hydrogens is 426 g/mol. The molecule has 1 atom stereocenters. The van der Waals surface area contributed by atoms with Crippen molar-refractivity contribution in [1.82, 2.24) is 15.3 Å². The van der Waals surface area contributed by atoms with E-state index >= 15 is 0 Å². The van der Waals surface area contributed by atoms with Gasteiger partial charge in [-0.2, -0.15) is 8.78 Å². The first kappa shape index (κ1) is 23.5. The molecule has 1 unspecified atom stereocenters. The summed E-state index contributed by atoms with van der Waals surface area (Å²) in [7, 11) is 0. The maximum Gasteiger partial charge on any atom is 0.340 e. The van der Waals surface area contributed by atoms with Crippen molar-refractivity contribution in [2.45, 2.75) is 38.7 Å². The molecule has 2 aromatic rings. The average Bonchev–Trinajstić information content (AvgIpc) is 2.71. The molecular formula is C19H19F4N3O3S. The highest BCUT2D eigenvalue weighted by Gasteiger charge is 2.41. The van der Waals surface area contributed by atoms with E-state index in [9.17, 15) is 27.2 Å². The van der Waals surface area contributed by atoms with Gasteiger partial charge in [0.2, 0.25) is 5.88 Å². The zero-order valence-electron chi connectivity index (χ0n) is 16.0. The van der Waals surface area contributed by atoms with Gasteiger partial charge in [-0.15, -0.1) is 0 Å². The number of amides is 1. The minimum absolute atomic E-state index is 0.194. The summed E-state index contributed by atoms with van der Waals surface area (Å²) in [5, 5.41) is 2.70. The van der Waals surface area contributed by atoms with Crippen LogP contribution in [0.25, 0.3) is 0 Å². The maximum absolute atomic E-state index is 12.9. The van der Waals surface area contributed by atoms with Crippen LogP contribution in [0.1, 0.15) is 52.7 Å². The van der Waals surface area contributed by atoms with Crippen LogP contribution in [0.5, 0.6) is 5.88 Å². The number of carbonyl (C=O) groups excluding carboxylic acids is 2. The molecule has 0 spiro atoms. The number of aromatic nitrogens is 2. The van der Waals surface area contributed by atoms with Crippen LogP contribution in [0.4, 0.5) is 17.6 Å². The Kier molecular flexibility index (Phi) is 7.65. The van der Waals surface area contributed by atoms with Gasteiger partial charge in [0.05, 0.1) is 11.7 Å². The summed E-state index contributed by atoms with van der Waals surface area (Å²) in [6, 6.07) is 4.97. The number of carbonyl (C=O) groups is 2. The number of pyridine rings is 2. The molecule has 0 aliphatic carbocycles.